The molecule has 1 rings (SSSR count). The lowest BCUT2D eigenvalue weighted by Crippen LogP contribution is -2.39. The summed E-state index contributed by atoms with van der Waals surface area (Å²) in [4.78, 5) is 25.0. The SMILES string of the molecule is COCCNC(=O)CN(C)CC(=O)Nc1ccc(N)cc1. The van der Waals surface area contributed by atoms with Crippen LogP contribution in [0.5, 0.6) is 0 Å². The fourth-order valence-corrected chi connectivity index (χ4v) is 1.66. The number of hydrogen-bond acceptors (Lipinski definition) is 5. The lowest BCUT2D eigenvalue weighted by atomic mass is 10.3. The third-order valence-electron chi connectivity index (χ3n) is 2.65. The van der Waals surface area contributed by atoms with Gasteiger partial charge in [0.15, 0.2) is 0 Å². The highest BCUT2D eigenvalue weighted by Crippen LogP contribution is 2.10. The Bertz CT molecular complexity index is 462. The first-order valence-corrected chi connectivity index (χ1v) is 6.61. The van der Waals surface area contributed by atoms with E-state index in [4.69, 9.17) is 10.5 Å². The minimum Gasteiger partial charge on any atom is -0.399 e. The lowest BCUT2D eigenvalue weighted by Gasteiger charge is -2.16. The van der Waals surface area contributed by atoms with Crippen molar-refractivity contribution in [2.75, 3.05) is 51.4 Å². The number of carbonyl (C=O) groups excluding carboxylic acids is 2. The van der Waals surface area contributed by atoms with Crippen LogP contribution in [-0.2, 0) is 14.3 Å². The Labute approximate surface area is 124 Å². The molecule has 0 radical (unpaired) electrons. The highest BCUT2D eigenvalue weighted by atomic mass is 16.5. The van der Waals surface area contributed by atoms with E-state index >= 15 is 0 Å². The molecular weight excluding hydrogens is 272 g/mol. The van der Waals surface area contributed by atoms with Crippen LogP contribution in [0.1, 0.15) is 0 Å². The Kier molecular flexibility index (Phi) is 7.20. The zero-order valence-electron chi connectivity index (χ0n) is 12.4. The lowest BCUT2D eigenvalue weighted by molar-refractivity contribution is -0.123. The maximum absolute atomic E-state index is 11.8. The Balaban J connectivity index is 2.30. The number of ether oxygens (including phenoxy) is 1. The quantitative estimate of drug-likeness (QED) is 0.459. The van der Waals surface area contributed by atoms with E-state index in [2.05, 4.69) is 10.6 Å². The molecule has 0 aliphatic rings. The molecule has 116 valence electrons. The molecule has 0 atom stereocenters. The van der Waals surface area contributed by atoms with Gasteiger partial charge in [0.1, 0.15) is 0 Å². The molecule has 0 fully saturated rings. The zero-order valence-corrected chi connectivity index (χ0v) is 12.4. The first-order chi connectivity index (χ1) is 10.0. The highest BCUT2D eigenvalue weighted by Gasteiger charge is 2.10. The second-order valence-corrected chi connectivity index (χ2v) is 4.69. The third kappa shape index (κ3) is 7.28. The van der Waals surface area contributed by atoms with Crippen molar-refractivity contribution in [3.8, 4) is 0 Å². The van der Waals surface area contributed by atoms with Gasteiger partial charge in [-0.15, -0.1) is 0 Å². The number of anilines is 2. The summed E-state index contributed by atoms with van der Waals surface area (Å²) in [5.41, 5.74) is 6.88. The van der Waals surface area contributed by atoms with E-state index in [0.29, 0.717) is 24.5 Å². The molecule has 0 spiro atoms. The van der Waals surface area contributed by atoms with E-state index in [0.717, 1.165) is 0 Å². The summed E-state index contributed by atoms with van der Waals surface area (Å²) < 4.78 is 4.84. The molecule has 0 unspecified atom stereocenters. The van der Waals surface area contributed by atoms with E-state index in [1.807, 2.05) is 0 Å². The molecule has 0 bridgehead atoms. The van der Waals surface area contributed by atoms with Crippen LogP contribution >= 0.6 is 0 Å². The van der Waals surface area contributed by atoms with Gasteiger partial charge in [-0.05, 0) is 31.3 Å². The number of rotatable bonds is 8. The molecule has 0 aliphatic heterocycles. The zero-order chi connectivity index (χ0) is 15.7. The van der Waals surface area contributed by atoms with Gasteiger partial charge in [0.05, 0.1) is 19.7 Å². The highest BCUT2D eigenvalue weighted by molar-refractivity contribution is 5.92. The van der Waals surface area contributed by atoms with Crippen LogP contribution in [0.4, 0.5) is 11.4 Å². The summed E-state index contributed by atoms with van der Waals surface area (Å²) in [6.45, 7) is 1.20. The summed E-state index contributed by atoms with van der Waals surface area (Å²) in [6, 6.07) is 6.88. The van der Waals surface area contributed by atoms with E-state index in [9.17, 15) is 9.59 Å². The molecule has 0 heterocycles. The summed E-state index contributed by atoms with van der Waals surface area (Å²) >= 11 is 0. The van der Waals surface area contributed by atoms with Gasteiger partial charge in [-0.1, -0.05) is 0 Å². The number of methoxy groups -OCH3 is 1. The molecule has 2 amide bonds. The Morgan fingerprint density at radius 2 is 1.81 bits per heavy atom. The number of carbonyl (C=O) groups is 2. The van der Waals surface area contributed by atoms with Crippen LogP contribution in [0, 0.1) is 0 Å². The van der Waals surface area contributed by atoms with Crippen LogP contribution in [0.2, 0.25) is 0 Å². The predicted molar refractivity (Wildman–Crippen MR) is 81.9 cm³/mol. The van der Waals surface area contributed by atoms with Gasteiger partial charge in [-0.25, -0.2) is 0 Å². The maximum Gasteiger partial charge on any atom is 0.238 e. The van der Waals surface area contributed by atoms with E-state index in [1.54, 1.807) is 43.3 Å². The second-order valence-electron chi connectivity index (χ2n) is 4.69. The molecule has 1 aromatic rings. The maximum atomic E-state index is 11.8. The monoisotopic (exact) mass is 294 g/mol. The number of nitrogen functional groups attached to an aromatic ring is 1. The van der Waals surface area contributed by atoms with Crippen LogP contribution in [0.15, 0.2) is 24.3 Å². The molecule has 7 nitrogen and oxygen atoms in total. The summed E-state index contributed by atoms with van der Waals surface area (Å²) in [7, 11) is 3.28. The molecule has 0 saturated heterocycles. The van der Waals surface area contributed by atoms with E-state index < -0.39 is 0 Å². The normalized spacial score (nSPS) is 10.4. The van der Waals surface area contributed by atoms with E-state index in [1.165, 1.54) is 0 Å². The van der Waals surface area contributed by atoms with Crippen LogP contribution in [-0.4, -0.2) is 57.1 Å². The minimum atomic E-state index is -0.188. The fraction of sp³-hybridized carbons (Fsp3) is 0.429. The molecule has 0 saturated carbocycles. The second kappa shape index (κ2) is 8.93. The Morgan fingerprint density at radius 1 is 1.19 bits per heavy atom. The number of nitrogens with two attached hydrogens (primary N) is 1. The smallest absolute Gasteiger partial charge is 0.238 e. The van der Waals surface area contributed by atoms with Crippen molar-refractivity contribution in [2.24, 2.45) is 0 Å². The van der Waals surface area contributed by atoms with E-state index in [-0.39, 0.29) is 24.9 Å². The first kappa shape index (κ1) is 16.9. The average molecular weight is 294 g/mol. The van der Waals surface area contributed by atoms with Gasteiger partial charge in [-0.3, -0.25) is 14.5 Å². The molecule has 1 aromatic carbocycles. The number of amides is 2. The van der Waals surface area contributed by atoms with Crippen molar-refractivity contribution < 1.29 is 14.3 Å². The van der Waals surface area contributed by atoms with Crippen molar-refractivity contribution in [1.29, 1.82) is 0 Å². The fourth-order valence-electron chi connectivity index (χ4n) is 1.66. The van der Waals surface area contributed by atoms with Crippen LogP contribution in [0.3, 0.4) is 0 Å². The molecule has 0 aromatic heterocycles. The van der Waals surface area contributed by atoms with Gasteiger partial charge >= 0.3 is 0 Å². The number of benzene rings is 1. The molecule has 21 heavy (non-hydrogen) atoms. The largest absolute Gasteiger partial charge is 0.399 e. The molecular formula is C14H22N4O3. The topological polar surface area (TPSA) is 96.7 Å². The molecule has 0 aliphatic carbocycles. The van der Waals surface area contributed by atoms with Crippen molar-refractivity contribution in [3.05, 3.63) is 24.3 Å². The van der Waals surface area contributed by atoms with Crippen molar-refractivity contribution in [1.82, 2.24) is 10.2 Å². The standard InChI is InChI=1S/C14H22N4O3/c1-18(9-13(19)16-7-8-21-2)10-14(20)17-12-5-3-11(15)4-6-12/h3-6H,7-10,15H2,1-2H3,(H,16,19)(H,17,20). The number of likely N-dealkylation sites (N-methyl/N-ethyl adjacent to an activating group) is 1. The number of nitrogens with one attached hydrogen (secondary N) is 2. The Morgan fingerprint density at radius 3 is 2.43 bits per heavy atom. The van der Waals surface area contributed by atoms with Gasteiger partial charge < -0.3 is 21.1 Å². The average Bonchev–Trinajstić information content (AvgIpc) is 2.41. The predicted octanol–water partition coefficient (Wildman–Crippen LogP) is -0.0983. The van der Waals surface area contributed by atoms with Crippen LogP contribution < -0.4 is 16.4 Å². The molecule has 4 N–H and O–H groups in total. The van der Waals surface area contributed by atoms with Gasteiger partial charge in [0.25, 0.3) is 0 Å². The van der Waals surface area contributed by atoms with Gasteiger partial charge in [0.2, 0.25) is 11.8 Å². The van der Waals surface area contributed by atoms with Gasteiger partial charge in [-0.2, -0.15) is 0 Å². The van der Waals surface area contributed by atoms with Crippen LogP contribution in [0.25, 0.3) is 0 Å². The van der Waals surface area contributed by atoms with Crippen molar-refractivity contribution in [3.63, 3.8) is 0 Å². The number of nitrogens with zero attached hydrogens (tertiary/aromatic N) is 1. The Hall–Kier alpha value is -2.12. The molecule has 7 heteroatoms. The summed E-state index contributed by atoms with van der Waals surface area (Å²) in [6.07, 6.45) is 0. The van der Waals surface area contributed by atoms with Crippen molar-refractivity contribution >= 4 is 23.2 Å². The summed E-state index contributed by atoms with van der Waals surface area (Å²) in [5.74, 6) is -0.332. The number of hydrogen-bond donors (Lipinski definition) is 3. The minimum absolute atomic E-state index is 0.127. The van der Waals surface area contributed by atoms with Gasteiger partial charge in [0, 0.05) is 25.0 Å². The first-order valence-electron chi connectivity index (χ1n) is 6.61. The summed E-state index contributed by atoms with van der Waals surface area (Å²) in [5, 5.41) is 5.43. The third-order valence-corrected chi connectivity index (χ3v) is 2.65. The van der Waals surface area contributed by atoms with Crippen molar-refractivity contribution in [2.45, 2.75) is 0 Å².